The maximum Gasteiger partial charge on any atom is 0.252 e. The molecule has 7 heteroatoms. The van der Waals surface area contributed by atoms with E-state index < -0.39 is 6.04 Å². The zero-order chi connectivity index (χ0) is 13.0. The average molecular weight is 292 g/mol. The lowest BCUT2D eigenvalue weighted by atomic mass is 10.2. The minimum Gasteiger partial charge on any atom is -0.355 e. The van der Waals surface area contributed by atoms with Crippen LogP contribution in [0.2, 0.25) is 5.02 Å². The molecule has 1 rings (SSSR count). The van der Waals surface area contributed by atoms with Crippen molar-refractivity contribution in [3.63, 3.8) is 0 Å². The first-order valence-corrected chi connectivity index (χ1v) is 5.41. The molecule has 0 heterocycles. The Morgan fingerprint density at radius 1 is 1.39 bits per heavy atom. The fourth-order valence-corrected chi connectivity index (χ4v) is 1.37. The van der Waals surface area contributed by atoms with E-state index >= 15 is 0 Å². The number of amides is 2. The van der Waals surface area contributed by atoms with E-state index in [4.69, 9.17) is 17.3 Å². The Kier molecular flexibility index (Phi) is 6.68. The molecule has 0 aliphatic rings. The monoisotopic (exact) mass is 291 g/mol. The molecule has 0 fully saturated rings. The van der Waals surface area contributed by atoms with Crippen LogP contribution in [0.5, 0.6) is 0 Å². The van der Waals surface area contributed by atoms with Crippen molar-refractivity contribution in [1.29, 1.82) is 0 Å². The highest BCUT2D eigenvalue weighted by molar-refractivity contribution is 6.34. The summed E-state index contributed by atoms with van der Waals surface area (Å²) in [5, 5.41) is 5.37. The molecule has 5 nitrogen and oxygen atoms in total. The van der Waals surface area contributed by atoms with E-state index in [1.807, 2.05) is 0 Å². The van der Waals surface area contributed by atoms with Gasteiger partial charge >= 0.3 is 0 Å². The molecule has 0 spiro atoms. The first-order valence-electron chi connectivity index (χ1n) is 5.03. The topological polar surface area (TPSA) is 84.2 Å². The Morgan fingerprint density at radius 3 is 2.50 bits per heavy atom. The van der Waals surface area contributed by atoms with E-state index in [1.165, 1.54) is 13.1 Å². The van der Waals surface area contributed by atoms with Crippen LogP contribution in [0, 0.1) is 0 Å². The van der Waals surface area contributed by atoms with Crippen molar-refractivity contribution >= 4 is 41.5 Å². The van der Waals surface area contributed by atoms with Crippen molar-refractivity contribution < 1.29 is 9.59 Å². The molecule has 18 heavy (non-hydrogen) atoms. The highest BCUT2D eigenvalue weighted by Gasteiger charge is 2.12. The highest BCUT2D eigenvalue weighted by atomic mass is 35.5. The Hall–Kier alpha value is -1.30. The minimum absolute atomic E-state index is 0. The molecule has 0 unspecified atom stereocenters. The predicted molar refractivity (Wildman–Crippen MR) is 74.4 cm³/mol. The van der Waals surface area contributed by atoms with Gasteiger partial charge in [0.15, 0.2) is 0 Å². The normalized spacial score (nSPS) is 11.1. The first-order chi connectivity index (χ1) is 7.95. The molecule has 0 saturated heterocycles. The zero-order valence-corrected chi connectivity index (χ0v) is 11.6. The van der Waals surface area contributed by atoms with Gasteiger partial charge in [0.05, 0.1) is 16.6 Å². The van der Waals surface area contributed by atoms with Gasteiger partial charge in [-0.25, -0.2) is 0 Å². The summed E-state index contributed by atoms with van der Waals surface area (Å²) >= 11 is 5.87. The molecule has 2 amide bonds. The summed E-state index contributed by atoms with van der Waals surface area (Å²) < 4.78 is 0. The van der Waals surface area contributed by atoms with Crippen LogP contribution in [-0.4, -0.2) is 24.9 Å². The number of carbonyl (C=O) groups excluding carboxylic acids is 2. The fourth-order valence-electron chi connectivity index (χ4n) is 1.17. The lowest BCUT2D eigenvalue weighted by Crippen LogP contribution is -2.32. The predicted octanol–water partition coefficient (Wildman–Crippen LogP) is 1.41. The molecule has 0 saturated carbocycles. The van der Waals surface area contributed by atoms with E-state index in [0.717, 1.165) is 0 Å². The van der Waals surface area contributed by atoms with Crippen molar-refractivity contribution in [2.45, 2.75) is 13.0 Å². The summed E-state index contributed by atoms with van der Waals surface area (Å²) in [6.07, 6.45) is 0. The maximum atomic E-state index is 11.5. The molecule has 0 radical (unpaired) electrons. The SMILES string of the molecule is CNC(=O)c1cc(NC(=O)[C@H](C)N)ccc1Cl.Cl. The molecule has 1 aromatic carbocycles. The molecule has 1 aromatic rings. The second kappa shape index (κ2) is 7.20. The van der Waals surface area contributed by atoms with Crippen molar-refractivity contribution in [3.05, 3.63) is 28.8 Å². The third-order valence-electron chi connectivity index (χ3n) is 2.12. The summed E-state index contributed by atoms with van der Waals surface area (Å²) in [5.74, 6) is -0.637. The summed E-state index contributed by atoms with van der Waals surface area (Å²) in [6, 6.07) is 4.04. The number of hydrogen-bond donors (Lipinski definition) is 3. The van der Waals surface area contributed by atoms with Gasteiger partial charge in [0.1, 0.15) is 0 Å². The van der Waals surface area contributed by atoms with E-state index in [9.17, 15) is 9.59 Å². The fraction of sp³-hybridized carbons (Fsp3) is 0.273. The van der Waals surface area contributed by atoms with Crippen molar-refractivity contribution in [1.82, 2.24) is 5.32 Å². The second-order valence-electron chi connectivity index (χ2n) is 3.55. The lowest BCUT2D eigenvalue weighted by molar-refractivity contribution is -0.117. The van der Waals surface area contributed by atoms with E-state index in [0.29, 0.717) is 16.3 Å². The second-order valence-corrected chi connectivity index (χ2v) is 3.96. The maximum absolute atomic E-state index is 11.5. The molecule has 4 N–H and O–H groups in total. The average Bonchev–Trinajstić information content (AvgIpc) is 2.30. The number of nitrogens with two attached hydrogens (primary N) is 1. The quantitative estimate of drug-likeness (QED) is 0.787. The van der Waals surface area contributed by atoms with Crippen LogP contribution >= 0.6 is 24.0 Å². The summed E-state index contributed by atoms with van der Waals surface area (Å²) in [7, 11) is 1.51. The van der Waals surface area contributed by atoms with Crippen molar-refractivity contribution in [2.75, 3.05) is 12.4 Å². The number of nitrogens with one attached hydrogen (secondary N) is 2. The minimum atomic E-state index is -0.617. The van der Waals surface area contributed by atoms with Crippen LogP contribution in [0.4, 0.5) is 5.69 Å². The molecule has 0 aromatic heterocycles. The summed E-state index contributed by atoms with van der Waals surface area (Å²) in [6.45, 7) is 1.57. The van der Waals surface area contributed by atoms with Gasteiger partial charge < -0.3 is 16.4 Å². The van der Waals surface area contributed by atoms with Gasteiger partial charge in [-0.3, -0.25) is 9.59 Å². The molecular weight excluding hydrogens is 277 g/mol. The lowest BCUT2D eigenvalue weighted by Gasteiger charge is -2.10. The van der Waals surface area contributed by atoms with Gasteiger partial charge in [-0.2, -0.15) is 0 Å². The number of benzene rings is 1. The van der Waals surface area contributed by atoms with Gasteiger partial charge in [0, 0.05) is 12.7 Å². The number of hydrogen-bond acceptors (Lipinski definition) is 3. The van der Waals surface area contributed by atoms with Gasteiger partial charge in [0.2, 0.25) is 5.91 Å². The zero-order valence-electron chi connectivity index (χ0n) is 9.99. The van der Waals surface area contributed by atoms with Crippen LogP contribution in [0.3, 0.4) is 0 Å². The number of rotatable bonds is 3. The van der Waals surface area contributed by atoms with Gasteiger partial charge in [0.25, 0.3) is 5.91 Å². The smallest absolute Gasteiger partial charge is 0.252 e. The van der Waals surface area contributed by atoms with Crippen LogP contribution in [0.15, 0.2) is 18.2 Å². The molecule has 100 valence electrons. The van der Waals surface area contributed by atoms with Crippen molar-refractivity contribution in [3.8, 4) is 0 Å². The number of anilines is 1. The van der Waals surface area contributed by atoms with Crippen LogP contribution in [0.1, 0.15) is 17.3 Å². The number of carbonyl (C=O) groups is 2. The molecule has 0 aliphatic heterocycles. The summed E-state index contributed by atoms with van der Waals surface area (Å²) in [4.78, 5) is 22.9. The standard InChI is InChI=1S/C11H14ClN3O2.ClH/c1-6(13)10(16)15-7-3-4-9(12)8(5-7)11(17)14-2;/h3-6H,13H2,1-2H3,(H,14,17)(H,15,16);1H/t6-;/m0./s1. The molecule has 0 aliphatic carbocycles. The van der Waals surface area contributed by atoms with Crippen LogP contribution in [0.25, 0.3) is 0 Å². The molecular formula is C11H15Cl2N3O2. The Balaban J connectivity index is 0.00000289. The molecule has 0 bridgehead atoms. The van der Waals surface area contributed by atoms with E-state index in [2.05, 4.69) is 10.6 Å². The largest absolute Gasteiger partial charge is 0.355 e. The summed E-state index contributed by atoms with van der Waals surface area (Å²) in [5.41, 5.74) is 6.20. The van der Waals surface area contributed by atoms with E-state index in [1.54, 1.807) is 19.1 Å². The van der Waals surface area contributed by atoms with Crippen molar-refractivity contribution in [2.24, 2.45) is 5.73 Å². The van der Waals surface area contributed by atoms with Gasteiger partial charge in [-0.15, -0.1) is 12.4 Å². The Labute approximate surface area is 116 Å². The van der Waals surface area contributed by atoms with Crippen LogP contribution in [-0.2, 0) is 4.79 Å². The first kappa shape index (κ1) is 16.7. The third-order valence-corrected chi connectivity index (χ3v) is 2.45. The third kappa shape index (κ3) is 4.18. The van der Waals surface area contributed by atoms with Gasteiger partial charge in [-0.1, -0.05) is 11.6 Å². The Morgan fingerprint density at radius 2 is 2.00 bits per heavy atom. The Bertz CT molecular complexity index is 450. The van der Waals surface area contributed by atoms with Crippen LogP contribution < -0.4 is 16.4 Å². The molecule has 1 atom stereocenters. The highest BCUT2D eigenvalue weighted by Crippen LogP contribution is 2.20. The van der Waals surface area contributed by atoms with E-state index in [-0.39, 0.29) is 24.2 Å². The number of halogens is 2. The van der Waals surface area contributed by atoms with Gasteiger partial charge in [-0.05, 0) is 25.1 Å².